The van der Waals surface area contributed by atoms with Crippen LogP contribution in [0.1, 0.15) is 49.1 Å². The van der Waals surface area contributed by atoms with Gasteiger partial charge < -0.3 is 20.3 Å². The van der Waals surface area contributed by atoms with Crippen LogP contribution in [0, 0.1) is 5.41 Å². The normalized spacial score (nSPS) is 24.2. The Hall–Kier alpha value is -2.20. The van der Waals surface area contributed by atoms with Crippen molar-refractivity contribution in [3.8, 4) is 0 Å². The second-order valence-electron chi connectivity index (χ2n) is 8.86. The molecule has 32 heavy (non-hydrogen) atoms. The number of thioether (sulfide) groups is 1. The van der Waals surface area contributed by atoms with Crippen molar-refractivity contribution in [1.82, 2.24) is 19.7 Å². The molecular weight excluding hydrogens is 439 g/mol. The quantitative estimate of drug-likeness (QED) is 0.357. The van der Waals surface area contributed by atoms with E-state index in [-0.39, 0.29) is 11.2 Å². The van der Waals surface area contributed by atoms with Gasteiger partial charge in [-0.25, -0.2) is 0 Å². The molecule has 1 saturated carbocycles. The maximum absolute atomic E-state index is 12.8. The van der Waals surface area contributed by atoms with E-state index in [1.54, 1.807) is 42.4 Å². The third kappa shape index (κ3) is 4.61. The van der Waals surface area contributed by atoms with Crippen LogP contribution in [0.2, 0.25) is 0 Å². The minimum atomic E-state index is -4.28. The number of aromatic nitrogens is 3. The standard InChI is InChI=1S/C22H28F3N5OS/c1-14(26)18(31)19-27-28-20(29(19)2)32-11-3-9-30-10-8-21(13-30)12-17(21)15-4-6-16(7-5-15)22(23,24)25/h4-7,17,31H,3,8-13,26H2,1-2H3/b18-14-/t17-,21+/m1/s1. The van der Waals surface area contributed by atoms with Crippen LogP contribution >= 0.6 is 11.8 Å². The van der Waals surface area contributed by atoms with Crippen LogP contribution in [0.3, 0.4) is 0 Å². The highest BCUT2D eigenvalue weighted by atomic mass is 32.2. The topological polar surface area (TPSA) is 80.2 Å². The highest BCUT2D eigenvalue weighted by Gasteiger charge is 2.57. The summed E-state index contributed by atoms with van der Waals surface area (Å²) in [7, 11) is 1.80. The van der Waals surface area contributed by atoms with Crippen molar-refractivity contribution in [2.45, 2.75) is 43.4 Å². The van der Waals surface area contributed by atoms with E-state index >= 15 is 0 Å². The van der Waals surface area contributed by atoms with Crippen LogP contribution in [-0.2, 0) is 13.2 Å². The predicted octanol–water partition coefficient (Wildman–Crippen LogP) is 4.40. The SMILES string of the molecule is C/C(N)=C(/O)c1nnc(SCCCN2CC[C@]3(C[C@@H]3c3ccc(C(F)(F)F)cc3)C2)n1C. The lowest BCUT2D eigenvalue weighted by Gasteiger charge is -2.16. The van der Waals surface area contributed by atoms with E-state index in [1.807, 2.05) is 0 Å². The molecule has 10 heteroatoms. The molecule has 174 valence electrons. The Morgan fingerprint density at radius 1 is 1.28 bits per heavy atom. The Kier molecular flexibility index (Phi) is 6.19. The number of alkyl halides is 3. The second-order valence-corrected chi connectivity index (χ2v) is 9.93. The van der Waals surface area contributed by atoms with Gasteiger partial charge in [0.1, 0.15) is 0 Å². The smallest absolute Gasteiger partial charge is 0.416 e. The van der Waals surface area contributed by atoms with Gasteiger partial charge >= 0.3 is 6.18 Å². The lowest BCUT2D eigenvalue weighted by Crippen LogP contribution is -2.23. The van der Waals surface area contributed by atoms with Crippen molar-refractivity contribution in [2.75, 3.05) is 25.4 Å². The number of benzene rings is 1. The summed E-state index contributed by atoms with van der Waals surface area (Å²) in [6, 6.07) is 5.70. The third-order valence-corrected chi connectivity index (χ3v) is 7.67. The summed E-state index contributed by atoms with van der Waals surface area (Å²) in [5, 5.41) is 18.8. The van der Waals surface area contributed by atoms with Gasteiger partial charge in [-0.15, -0.1) is 10.2 Å². The number of aliphatic hydroxyl groups excluding tert-OH is 1. The van der Waals surface area contributed by atoms with Gasteiger partial charge in [0.05, 0.1) is 11.3 Å². The summed E-state index contributed by atoms with van der Waals surface area (Å²) in [6.45, 7) is 4.63. The summed E-state index contributed by atoms with van der Waals surface area (Å²) in [6.07, 6.45) is -1.13. The minimum Gasteiger partial charge on any atom is -0.503 e. The summed E-state index contributed by atoms with van der Waals surface area (Å²) >= 11 is 1.59. The molecule has 0 unspecified atom stereocenters. The molecule has 6 nitrogen and oxygen atoms in total. The fraction of sp³-hybridized carbons (Fsp3) is 0.545. The van der Waals surface area contributed by atoms with Crippen LogP contribution in [0.4, 0.5) is 13.2 Å². The number of hydrogen-bond acceptors (Lipinski definition) is 6. The number of hydrogen-bond donors (Lipinski definition) is 2. The zero-order valence-corrected chi connectivity index (χ0v) is 19.0. The van der Waals surface area contributed by atoms with Gasteiger partial charge in [0.2, 0.25) is 5.82 Å². The largest absolute Gasteiger partial charge is 0.503 e. The monoisotopic (exact) mass is 467 g/mol. The molecule has 1 aliphatic heterocycles. The molecule has 2 aliphatic rings. The Labute approximate surface area is 189 Å². The molecule has 1 aromatic carbocycles. The molecule has 2 fully saturated rings. The Morgan fingerprint density at radius 3 is 2.66 bits per heavy atom. The molecule has 0 amide bonds. The van der Waals surface area contributed by atoms with E-state index in [4.69, 9.17) is 5.73 Å². The summed E-state index contributed by atoms with van der Waals surface area (Å²) < 4.78 is 40.1. The molecule has 2 atom stereocenters. The van der Waals surface area contributed by atoms with Crippen LogP contribution in [0.15, 0.2) is 35.1 Å². The molecule has 0 bridgehead atoms. The first-order chi connectivity index (χ1) is 15.1. The lowest BCUT2D eigenvalue weighted by molar-refractivity contribution is -0.137. The second kappa shape index (κ2) is 8.62. The van der Waals surface area contributed by atoms with Gasteiger partial charge in [-0.3, -0.25) is 0 Å². The van der Waals surface area contributed by atoms with E-state index in [2.05, 4.69) is 15.1 Å². The fourth-order valence-electron chi connectivity index (χ4n) is 4.62. The Morgan fingerprint density at radius 2 is 2.00 bits per heavy atom. The highest BCUT2D eigenvalue weighted by molar-refractivity contribution is 7.99. The summed E-state index contributed by atoms with van der Waals surface area (Å²) in [5.74, 6) is 1.55. The summed E-state index contributed by atoms with van der Waals surface area (Å²) in [4.78, 5) is 2.46. The first-order valence-electron chi connectivity index (χ1n) is 10.7. The molecule has 0 radical (unpaired) electrons. The fourth-order valence-corrected chi connectivity index (χ4v) is 5.46. The van der Waals surface area contributed by atoms with Gasteiger partial charge in [-0.1, -0.05) is 23.9 Å². The molecule has 2 aromatic rings. The van der Waals surface area contributed by atoms with Crippen molar-refractivity contribution >= 4 is 17.5 Å². The lowest BCUT2D eigenvalue weighted by atomic mass is 9.97. The zero-order valence-electron chi connectivity index (χ0n) is 18.2. The van der Waals surface area contributed by atoms with Gasteiger partial charge in [0.15, 0.2) is 10.9 Å². The number of halogens is 3. The molecular formula is C22H28F3N5OS. The van der Waals surface area contributed by atoms with Crippen LogP contribution in [0.25, 0.3) is 5.76 Å². The molecule has 4 rings (SSSR count). The molecule has 3 N–H and O–H groups in total. The number of rotatable bonds is 7. The number of likely N-dealkylation sites (tertiary alicyclic amines) is 1. The van der Waals surface area contributed by atoms with Crippen molar-refractivity contribution in [1.29, 1.82) is 0 Å². The molecule has 2 heterocycles. The van der Waals surface area contributed by atoms with E-state index in [1.165, 1.54) is 12.1 Å². The van der Waals surface area contributed by atoms with Gasteiger partial charge in [0, 0.05) is 19.3 Å². The van der Waals surface area contributed by atoms with Crippen molar-refractivity contribution in [2.24, 2.45) is 18.2 Å². The maximum Gasteiger partial charge on any atom is 0.416 e. The number of nitrogens with zero attached hydrogens (tertiary/aromatic N) is 4. The zero-order chi connectivity index (χ0) is 23.1. The van der Waals surface area contributed by atoms with Crippen LogP contribution in [0.5, 0.6) is 0 Å². The van der Waals surface area contributed by atoms with Gasteiger partial charge in [-0.05, 0) is 68.3 Å². The average Bonchev–Trinajstić information content (AvgIpc) is 3.09. The predicted molar refractivity (Wildman–Crippen MR) is 118 cm³/mol. The molecule has 1 aliphatic carbocycles. The molecule has 1 saturated heterocycles. The first-order valence-corrected chi connectivity index (χ1v) is 11.7. The first kappa shape index (κ1) is 23.0. The molecule has 1 aromatic heterocycles. The number of nitrogens with two attached hydrogens (primary N) is 1. The average molecular weight is 468 g/mol. The van der Waals surface area contributed by atoms with E-state index in [0.717, 1.165) is 55.4 Å². The third-order valence-electron chi connectivity index (χ3n) is 6.56. The Bertz CT molecular complexity index is 1000. The van der Waals surface area contributed by atoms with Gasteiger partial charge in [-0.2, -0.15) is 13.2 Å². The molecule has 1 spiro atoms. The van der Waals surface area contributed by atoms with E-state index < -0.39 is 11.7 Å². The number of allylic oxidation sites excluding steroid dienone is 1. The minimum absolute atomic E-state index is 0.0544. The van der Waals surface area contributed by atoms with E-state index in [0.29, 0.717) is 17.4 Å². The highest BCUT2D eigenvalue weighted by Crippen LogP contribution is 2.64. The van der Waals surface area contributed by atoms with Crippen molar-refractivity contribution in [3.05, 3.63) is 46.9 Å². The summed E-state index contributed by atoms with van der Waals surface area (Å²) in [5.41, 5.74) is 6.60. The maximum atomic E-state index is 12.8. The van der Waals surface area contributed by atoms with Gasteiger partial charge in [0.25, 0.3) is 0 Å². The van der Waals surface area contributed by atoms with Crippen LogP contribution in [-0.4, -0.2) is 50.2 Å². The number of aliphatic hydroxyl groups is 1. The van der Waals surface area contributed by atoms with Crippen LogP contribution < -0.4 is 5.73 Å². The van der Waals surface area contributed by atoms with E-state index in [9.17, 15) is 18.3 Å². The van der Waals surface area contributed by atoms with Crippen molar-refractivity contribution in [3.63, 3.8) is 0 Å². The van der Waals surface area contributed by atoms with Crippen molar-refractivity contribution < 1.29 is 18.3 Å². The Balaban J connectivity index is 1.24.